The lowest BCUT2D eigenvalue weighted by Gasteiger charge is -2.41. The maximum absolute atomic E-state index is 12.6. The molecule has 1 aliphatic carbocycles. The van der Waals surface area contributed by atoms with Gasteiger partial charge in [0, 0.05) is 54.2 Å². The Labute approximate surface area is 145 Å². The fourth-order valence-corrected chi connectivity index (χ4v) is 4.03. The van der Waals surface area contributed by atoms with Gasteiger partial charge in [-0.15, -0.1) is 0 Å². The monoisotopic (exact) mass is 352 g/mol. The zero-order chi connectivity index (χ0) is 16.7. The van der Waals surface area contributed by atoms with Crippen LogP contribution in [0.1, 0.15) is 37.2 Å². The molecule has 0 saturated heterocycles. The molecule has 122 valence electrons. The van der Waals surface area contributed by atoms with E-state index in [1.165, 1.54) is 0 Å². The van der Waals surface area contributed by atoms with E-state index in [2.05, 4.69) is 0 Å². The lowest BCUT2D eigenvalue weighted by Crippen LogP contribution is -2.47. The molecule has 0 radical (unpaired) electrons. The minimum absolute atomic E-state index is 0.0144. The average Bonchev–Trinajstić information content (AvgIpc) is 2.46. The number of allylic oxidation sites excluding steroid dienone is 2. The topological polar surface area (TPSA) is 40.6 Å². The summed E-state index contributed by atoms with van der Waals surface area (Å²) in [5.74, 6) is -0.188. The summed E-state index contributed by atoms with van der Waals surface area (Å²) in [6.45, 7) is 0. The number of amides is 1. The Morgan fingerprint density at radius 2 is 1.91 bits per heavy atom. The predicted molar refractivity (Wildman–Crippen MR) is 90.2 cm³/mol. The van der Waals surface area contributed by atoms with Crippen molar-refractivity contribution in [1.82, 2.24) is 10.0 Å². The van der Waals surface area contributed by atoms with Crippen molar-refractivity contribution in [2.45, 2.75) is 31.6 Å². The molecule has 1 atom stereocenters. The van der Waals surface area contributed by atoms with E-state index in [-0.39, 0.29) is 24.0 Å². The van der Waals surface area contributed by atoms with Crippen molar-refractivity contribution < 1.29 is 9.59 Å². The first kappa shape index (κ1) is 16.5. The summed E-state index contributed by atoms with van der Waals surface area (Å²) in [7, 11) is 3.63. The van der Waals surface area contributed by atoms with Gasteiger partial charge in [-0.1, -0.05) is 29.3 Å². The van der Waals surface area contributed by atoms with Gasteiger partial charge in [-0.2, -0.15) is 0 Å². The molecule has 3 rings (SSSR count). The molecule has 0 spiro atoms. The number of carbonyl (C=O) groups is 2. The molecular formula is C17H18Cl2N2O2. The van der Waals surface area contributed by atoms with Gasteiger partial charge < -0.3 is 0 Å². The second-order valence-electron chi connectivity index (χ2n) is 6.11. The van der Waals surface area contributed by atoms with Crippen molar-refractivity contribution in [3.8, 4) is 0 Å². The van der Waals surface area contributed by atoms with Crippen LogP contribution >= 0.6 is 23.2 Å². The fourth-order valence-electron chi connectivity index (χ4n) is 3.49. The second kappa shape index (κ2) is 6.27. The first-order valence-electron chi connectivity index (χ1n) is 7.61. The molecule has 1 amide bonds. The summed E-state index contributed by atoms with van der Waals surface area (Å²) in [5, 5.41) is 4.42. The van der Waals surface area contributed by atoms with Crippen molar-refractivity contribution in [3.63, 3.8) is 0 Å². The van der Waals surface area contributed by atoms with E-state index in [1.54, 1.807) is 22.2 Å². The third-order valence-corrected chi connectivity index (χ3v) is 4.95. The summed E-state index contributed by atoms with van der Waals surface area (Å²) >= 11 is 12.3. The molecule has 0 bridgehead atoms. The van der Waals surface area contributed by atoms with Crippen LogP contribution in [-0.2, 0) is 9.59 Å². The van der Waals surface area contributed by atoms with Crippen LogP contribution in [0.15, 0.2) is 29.5 Å². The van der Waals surface area contributed by atoms with Gasteiger partial charge in [0.1, 0.15) is 0 Å². The highest BCUT2D eigenvalue weighted by Gasteiger charge is 2.40. The quantitative estimate of drug-likeness (QED) is 0.812. The number of ketones is 1. The molecule has 1 aromatic rings. The third-order valence-electron chi connectivity index (χ3n) is 4.39. The highest BCUT2D eigenvalue weighted by molar-refractivity contribution is 6.35. The molecule has 4 nitrogen and oxygen atoms in total. The van der Waals surface area contributed by atoms with E-state index in [4.69, 9.17) is 23.2 Å². The first-order valence-corrected chi connectivity index (χ1v) is 8.37. The van der Waals surface area contributed by atoms with E-state index in [0.29, 0.717) is 16.5 Å². The molecule has 1 aromatic carbocycles. The smallest absolute Gasteiger partial charge is 0.242 e. The average molecular weight is 353 g/mol. The molecule has 23 heavy (non-hydrogen) atoms. The zero-order valence-corrected chi connectivity index (χ0v) is 14.6. The van der Waals surface area contributed by atoms with Crippen LogP contribution in [0.25, 0.3) is 0 Å². The first-order chi connectivity index (χ1) is 10.9. The van der Waals surface area contributed by atoms with Gasteiger partial charge in [0.2, 0.25) is 5.91 Å². The molecule has 0 N–H and O–H groups in total. The summed E-state index contributed by atoms with van der Waals surface area (Å²) < 4.78 is 0. The van der Waals surface area contributed by atoms with Crippen molar-refractivity contribution in [2.24, 2.45) is 0 Å². The molecule has 0 aromatic heterocycles. The van der Waals surface area contributed by atoms with Gasteiger partial charge in [0.25, 0.3) is 0 Å². The number of hydrogen-bond acceptors (Lipinski definition) is 3. The zero-order valence-electron chi connectivity index (χ0n) is 13.1. The Hall–Kier alpha value is -1.36. The minimum atomic E-state index is -0.286. The Morgan fingerprint density at radius 1 is 1.17 bits per heavy atom. The van der Waals surface area contributed by atoms with Gasteiger partial charge >= 0.3 is 0 Å². The van der Waals surface area contributed by atoms with Gasteiger partial charge in [-0.3, -0.25) is 9.59 Å². The Balaban J connectivity index is 2.15. The van der Waals surface area contributed by atoms with E-state index in [9.17, 15) is 9.59 Å². The summed E-state index contributed by atoms with van der Waals surface area (Å²) in [4.78, 5) is 25.2. The standard InChI is InChI=1S/C17H18Cl2N2O2/c1-20(2)21-14-4-3-5-15(22)17(14)12(9-16(21)23)11-7-6-10(18)8-13(11)19/h6-8,12H,3-5,9H2,1-2H3/t12-/m1/s1. The van der Waals surface area contributed by atoms with Gasteiger partial charge in [0.15, 0.2) is 5.78 Å². The van der Waals surface area contributed by atoms with E-state index < -0.39 is 0 Å². The molecule has 6 heteroatoms. The Kier molecular flexibility index (Phi) is 4.50. The van der Waals surface area contributed by atoms with E-state index in [1.807, 2.05) is 20.2 Å². The maximum Gasteiger partial charge on any atom is 0.242 e. The summed E-state index contributed by atoms with van der Waals surface area (Å²) in [5.41, 5.74) is 2.35. The van der Waals surface area contributed by atoms with Crippen LogP contribution in [0, 0.1) is 0 Å². The van der Waals surface area contributed by atoms with Gasteiger partial charge in [-0.25, -0.2) is 10.0 Å². The van der Waals surface area contributed by atoms with Crippen molar-refractivity contribution in [1.29, 1.82) is 0 Å². The highest BCUT2D eigenvalue weighted by atomic mass is 35.5. The third kappa shape index (κ3) is 2.91. The molecular weight excluding hydrogens is 335 g/mol. The van der Waals surface area contributed by atoms with Crippen molar-refractivity contribution in [2.75, 3.05) is 14.1 Å². The number of halogens is 2. The number of rotatable bonds is 2. The van der Waals surface area contributed by atoms with Crippen LogP contribution in [0.3, 0.4) is 0 Å². The normalized spacial score (nSPS) is 22.0. The van der Waals surface area contributed by atoms with E-state index >= 15 is 0 Å². The lowest BCUT2D eigenvalue weighted by atomic mass is 9.77. The largest absolute Gasteiger partial charge is 0.294 e. The highest BCUT2D eigenvalue weighted by Crippen LogP contribution is 2.44. The number of benzene rings is 1. The molecule has 1 aliphatic heterocycles. The number of nitrogens with zero attached hydrogens (tertiary/aromatic N) is 2. The number of carbonyl (C=O) groups excluding carboxylic acids is 2. The van der Waals surface area contributed by atoms with Crippen LogP contribution in [-0.4, -0.2) is 35.8 Å². The molecule has 0 unspecified atom stereocenters. The molecule has 0 saturated carbocycles. The van der Waals surface area contributed by atoms with Crippen LogP contribution in [0.5, 0.6) is 0 Å². The maximum atomic E-state index is 12.6. The van der Waals surface area contributed by atoms with E-state index in [0.717, 1.165) is 29.7 Å². The van der Waals surface area contributed by atoms with Gasteiger partial charge in [-0.05, 0) is 30.5 Å². The Morgan fingerprint density at radius 3 is 2.57 bits per heavy atom. The van der Waals surface area contributed by atoms with Gasteiger partial charge in [0.05, 0.1) is 0 Å². The molecule has 2 aliphatic rings. The number of Topliss-reactive ketones (excluding diaryl/α,β-unsaturated/α-hetero) is 1. The summed E-state index contributed by atoms with van der Waals surface area (Å²) in [6.07, 6.45) is 2.27. The molecule has 0 fully saturated rings. The summed E-state index contributed by atoms with van der Waals surface area (Å²) in [6, 6.07) is 5.23. The van der Waals surface area contributed by atoms with Crippen LogP contribution in [0.2, 0.25) is 10.0 Å². The lowest BCUT2D eigenvalue weighted by molar-refractivity contribution is -0.143. The van der Waals surface area contributed by atoms with Crippen molar-refractivity contribution >= 4 is 34.9 Å². The SMILES string of the molecule is CN(C)N1C(=O)C[C@H](c2ccc(Cl)cc2Cl)C2=C1CCCC2=O. The predicted octanol–water partition coefficient (Wildman–Crippen LogP) is 3.79. The van der Waals surface area contributed by atoms with Crippen molar-refractivity contribution in [3.05, 3.63) is 45.1 Å². The Bertz CT molecular complexity index is 713. The number of hydrogen-bond donors (Lipinski definition) is 0. The number of hydrazine groups is 1. The fraction of sp³-hybridized carbons (Fsp3) is 0.412. The van der Waals surface area contributed by atoms with Crippen LogP contribution < -0.4 is 0 Å². The minimum Gasteiger partial charge on any atom is -0.294 e. The molecule has 1 heterocycles. The van der Waals surface area contributed by atoms with Crippen LogP contribution in [0.4, 0.5) is 0 Å². The second-order valence-corrected chi connectivity index (χ2v) is 6.96.